The van der Waals surface area contributed by atoms with E-state index in [-0.39, 0.29) is 0 Å². The molecule has 0 spiro atoms. The van der Waals surface area contributed by atoms with E-state index in [1.165, 1.54) is 11.3 Å². The summed E-state index contributed by atoms with van der Waals surface area (Å²) in [5.74, 6) is 0.858. The summed E-state index contributed by atoms with van der Waals surface area (Å²) in [6, 6.07) is 12.4. The minimum atomic E-state index is 0.707. The van der Waals surface area contributed by atoms with Crippen molar-refractivity contribution in [2.45, 2.75) is 33.2 Å². The largest absolute Gasteiger partial charge is 0.497 e. The van der Waals surface area contributed by atoms with Gasteiger partial charge in [0.25, 0.3) is 0 Å². The zero-order chi connectivity index (χ0) is 14.4. The molecule has 0 saturated carbocycles. The number of pyridine rings is 1. The summed E-state index contributed by atoms with van der Waals surface area (Å²) in [5.41, 5.74) is 4.52. The van der Waals surface area contributed by atoms with Crippen LogP contribution in [-0.4, -0.2) is 12.1 Å². The normalized spacial score (nSPS) is 10.3. The lowest BCUT2D eigenvalue weighted by Gasteiger charge is -2.12. The monoisotopic (exact) mass is 270 g/mol. The number of ether oxygens (including phenoxy) is 1. The Morgan fingerprint density at radius 1 is 1.20 bits per heavy atom. The van der Waals surface area contributed by atoms with Gasteiger partial charge in [-0.3, -0.25) is 4.98 Å². The predicted molar refractivity (Wildman–Crippen MR) is 83.3 cm³/mol. The van der Waals surface area contributed by atoms with Gasteiger partial charge in [-0.15, -0.1) is 0 Å². The highest BCUT2D eigenvalue weighted by molar-refractivity contribution is 5.51. The zero-order valence-corrected chi connectivity index (χ0v) is 12.4. The molecule has 0 atom stereocenters. The second kappa shape index (κ2) is 6.94. The Balaban J connectivity index is 2.10. The van der Waals surface area contributed by atoms with Crippen molar-refractivity contribution in [3.05, 3.63) is 53.3 Å². The first kappa shape index (κ1) is 14.4. The van der Waals surface area contributed by atoms with Crippen molar-refractivity contribution in [2.75, 3.05) is 12.4 Å². The minimum absolute atomic E-state index is 0.707. The summed E-state index contributed by atoms with van der Waals surface area (Å²) in [4.78, 5) is 4.53. The zero-order valence-electron chi connectivity index (χ0n) is 12.4. The molecule has 3 nitrogen and oxygen atoms in total. The number of aromatic nitrogens is 1. The number of rotatable bonds is 6. The molecule has 2 aromatic rings. The topological polar surface area (TPSA) is 34.1 Å². The quantitative estimate of drug-likeness (QED) is 0.862. The van der Waals surface area contributed by atoms with E-state index in [4.69, 9.17) is 4.74 Å². The second-order valence-electron chi connectivity index (χ2n) is 4.90. The summed E-state index contributed by atoms with van der Waals surface area (Å²) in [7, 11) is 1.68. The third kappa shape index (κ3) is 3.73. The van der Waals surface area contributed by atoms with Crippen LogP contribution in [0.5, 0.6) is 5.75 Å². The first-order valence-corrected chi connectivity index (χ1v) is 7.06. The number of hydrogen-bond acceptors (Lipinski definition) is 3. The van der Waals surface area contributed by atoms with Crippen LogP contribution in [0, 0.1) is 6.92 Å². The molecule has 20 heavy (non-hydrogen) atoms. The van der Waals surface area contributed by atoms with Gasteiger partial charge in [-0.2, -0.15) is 0 Å². The summed E-state index contributed by atoms with van der Waals surface area (Å²) < 4.78 is 5.28. The molecule has 0 aliphatic rings. The summed E-state index contributed by atoms with van der Waals surface area (Å²) >= 11 is 0. The Kier molecular flexibility index (Phi) is 4.99. The summed E-state index contributed by atoms with van der Waals surface area (Å²) in [6.07, 6.45) is 2.24. The Bertz CT molecular complexity index is 567. The molecule has 106 valence electrons. The molecule has 1 heterocycles. The van der Waals surface area contributed by atoms with Gasteiger partial charge >= 0.3 is 0 Å². The highest BCUT2D eigenvalue weighted by atomic mass is 16.5. The highest BCUT2D eigenvalue weighted by Crippen LogP contribution is 2.19. The van der Waals surface area contributed by atoms with Gasteiger partial charge in [0, 0.05) is 23.5 Å². The van der Waals surface area contributed by atoms with Crippen molar-refractivity contribution in [1.29, 1.82) is 0 Å². The molecule has 1 aromatic carbocycles. The molecule has 0 amide bonds. The number of hydrogen-bond donors (Lipinski definition) is 1. The number of aryl methyl sites for hydroxylation is 2. The van der Waals surface area contributed by atoms with Crippen LogP contribution in [0.1, 0.15) is 30.3 Å². The van der Waals surface area contributed by atoms with Crippen LogP contribution in [0.25, 0.3) is 0 Å². The fourth-order valence-corrected chi connectivity index (χ4v) is 2.28. The Morgan fingerprint density at radius 3 is 2.75 bits per heavy atom. The molecule has 0 unspecified atom stereocenters. The fraction of sp³-hybridized carbons (Fsp3) is 0.353. The van der Waals surface area contributed by atoms with Crippen molar-refractivity contribution >= 4 is 5.69 Å². The first-order chi connectivity index (χ1) is 9.72. The van der Waals surface area contributed by atoms with Gasteiger partial charge in [-0.25, -0.2) is 0 Å². The van der Waals surface area contributed by atoms with Gasteiger partial charge in [0.15, 0.2) is 0 Å². The van der Waals surface area contributed by atoms with Gasteiger partial charge in [-0.1, -0.05) is 31.5 Å². The Morgan fingerprint density at radius 2 is 2.00 bits per heavy atom. The third-order valence-corrected chi connectivity index (χ3v) is 3.21. The molecule has 2 rings (SSSR count). The lowest BCUT2D eigenvalue weighted by atomic mass is 10.1. The van der Waals surface area contributed by atoms with Crippen molar-refractivity contribution in [2.24, 2.45) is 0 Å². The molecule has 0 fully saturated rings. The molecule has 0 aliphatic heterocycles. The second-order valence-corrected chi connectivity index (χ2v) is 4.90. The number of nitrogens with one attached hydrogen (secondary N) is 1. The molecule has 1 N–H and O–H groups in total. The highest BCUT2D eigenvalue weighted by Gasteiger charge is 2.03. The van der Waals surface area contributed by atoms with Crippen LogP contribution in [0.2, 0.25) is 0 Å². The maximum atomic E-state index is 5.28. The van der Waals surface area contributed by atoms with Gasteiger partial charge in [0.2, 0.25) is 0 Å². The van der Waals surface area contributed by atoms with Crippen LogP contribution in [-0.2, 0) is 13.0 Å². The number of benzene rings is 1. The number of para-hydroxylation sites is 1. The average Bonchev–Trinajstić information content (AvgIpc) is 2.46. The SMILES string of the molecule is CCCc1ccccc1NCc1cc(OC)cc(C)n1. The standard InChI is InChI=1S/C17H22N2O/c1-4-7-14-8-5-6-9-17(14)18-12-15-11-16(20-3)10-13(2)19-15/h5-6,8-11,18H,4,7,12H2,1-3H3. The molecular formula is C17H22N2O. The van der Waals surface area contributed by atoms with Crippen molar-refractivity contribution in [3.63, 3.8) is 0 Å². The predicted octanol–water partition coefficient (Wildman–Crippen LogP) is 3.96. The van der Waals surface area contributed by atoms with E-state index in [0.29, 0.717) is 6.54 Å². The van der Waals surface area contributed by atoms with E-state index < -0.39 is 0 Å². The molecule has 1 aromatic heterocycles. The fourth-order valence-electron chi connectivity index (χ4n) is 2.28. The van der Waals surface area contributed by atoms with E-state index in [1.54, 1.807) is 7.11 Å². The molecule has 0 saturated heterocycles. The average molecular weight is 270 g/mol. The number of methoxy groups -OCH3 is 1. The molecule has 0 radical (unpaired) electrons. The van der Waals surface area contributed by atoms with Crippen LogP contribution in [0.4, 0.5) is 5.69 Å². The maximum Gasteiger partial charge on any atom is 0.122 e. The lowest BCUT2D eigenvalue weighted by molar-refractivity contribution is 0.413. The smallest absolute Gasteiger partial charge is 0.122 e. The van der Waals surface area contributed by atoms with Crippen LogP contribution in [0.15, 0.2) is 36.4 Å². The molecule has 0 bridgehead atoms. The molecule has 0 aliphatic carbocycles. The van der Waals surface area contributed by atoms with Crippen molar-refractivity contribution in [1.82, 2.24) is 4.98 Å². The van der Waals surface area contributed by atoms with Gasteiger partial charge < -0.3 is 10.1 Å². The van der Waals surface area contributed by atoms with E-state index >= 15 is 0 Å². The van der Waals surface area contributed by atoms with E-state index in [2.05, 4.69) is 41.5 Å². The van der Waals surface area contributed by atoms with Crippen molar-refractivity contribution in [3.8, 4) is 5.75 Å². The van der Waals surface area contributed by atoms with E-state index in [0.717, 1.165) is 30.0 Å². The van der Waals surface area contributed by atoms with Gasteiger partial charge in [-0.05, 0) is 25.0 Å². The summed E-state index contributed by atoms with van der Waals surface area (Å²) in [5, 5.41) is 3.47. The third-order valence-electron chi connectivity index (χ3n) is 3.21. The van der Waals surface area contributed by atoms with Crippen LogP contribution in [0.3, 0.4) is 0 Å². The van der Waals surface area contributed by atoms with Crippen molar-refractivity contribution < 1.29 is 4.74 Å². The molecular weight excluding hydrogens is 248 g/mol. The first-order valence-electron chi connectivity index (χ1n) is 7.06. The lowest BCUT2D eigenvalue weighted by Crippen LogP contribution is -2.05. The number of anilines is 1. The van der Waals surface area contributed by atoms with Gasteiger partial charge in [0.05, 0.1) is 19.3 Å². The minimum Gasteiger partial charge on any atom is -0.497 e. The van der Waals surface area contributed by atoms with Gasteiger partial charge in [0.1, 0.15) is 5.75 Å². The molecule has 3 heteroatoms. The van der Waals surface area contributed by atoms with E-state index in [1.807, 2.05) is 19.1 Å². The van der Waals surface area contributed by atoms with Crippen LogP contribution < -0.4 is 10.1 Å². The summed E-state index contributed by atoms with van der Waals surface area (Å²) in [6.45, 7) is 4.89. The van der Waals surface area contributed by atoms with E-state index in [9.17, 15) is 0 Å². The Labute approximate surface area is 121 Å². The number of nitrogens with zero attached hydrogens (tertiary/aromatic N) is 1. The van der Waals surface area contributed by atoms with Crippen LogP contribution >= 0.6 is 0 Å². The maximum absolute atomic E-state index is 5.28. The Hall–Kier alpha value is -2.03.